The molecule has 0 amide bonds. The van der Waals surface area contributed by atoms with E-state index in [0.717, 1.165) is 19.4 Å². The molecule has 0 aliphatic heterocycles. The summed E-state index contributed by atoms with van der Waals surface area (Å²) >= 11 is 0. The van der Waals surface area contributed by atoms with Crippen molar-refractivity contribution in [1.29, 1.82) is 0 Å². The summed E-state index contributed by atoms with van der Waals surface area (Å²) in [7, 11) is -2.87. The topological polar surface area (TPSA) is 46.2 Å². The third-order valence-corrected chi connectivity index (χ3v) is 5.55. The second-order valence-electron chi connectivity index (χ2n) is 7.09. The zero-order chi connectivity index (χ0) is 15.2. The van der Waals surface area contributed by atoms with Crippen LogP contribution < -0.4 is 5.32 Å². The van der Waals surface area contributed by atoms with Crippen molar-refractivity contribution in [3.63, 3.8) is 0 Å². The number of hydrogen-bond donors (Lipinski definition) is 1. The van der Waals surface area contributed by atoms with Crippen molar-refractivity contribution in [3.8, 4) is 0 Å². The Bertz CT molecular complexity index is 370. The highest BCUT2D eigenvalue weighted by molar-refractivity contribution is 7.90. The molecule has 0 aromatic heterocycles. The van der Waals surface area contributed by atoms with E-state index in [1.54, 1.807) is 0 Å². The first-order chi connectivity index (χ1) is 9.29. The van der Waals surface area contributed by atoms with Gasteiger partial charge in [0.1, 0.15) is 9.84 Å². The van der Waals surface area contributed by atoms with Gasteiger partial charge in [-0.25, -0.2) is 8.42 Å². The van der Waals surface area contributed by atoms with Crippen LogP contribution in [0.5, 0.6) is 0 Å². The molecule has 1 saturated carbocycles. The first-order valence-electron chi connectivity index (χ1n) is 8.20. The van der Waals surface area contributed by atoms with Gasteiger partial charge in [0.15, 0.2) is 0 Å². The number of hydrogen-bond acceptors (Lipinski definition) is 3. The van der Waals surface area contributed by atoms with Crippen molar-refractivity contribution in [1.82, 2.24) is 5.32 Å². The molecule has 0 saturated heterocycles. The zero-order valence-corrected chi connectivity index (χ0v) is 14.6. The Labute approximate surface area is 125 Å². The molecule has 3 nitrogen and oxygen atoms in total. The van der Waals surface area contributed by atoms with Crippen LogP contribution in [-0.4, -0.2) is 33.0 Å². The maximum absolute atomic E-state index is 11.5. The van der Waals surface area contributed by atoms with E-state index in [4.69, 9.17) is 0 Å². The van der Waals surface area contributed by atoms with Crippen LogP contribution in [0.1, 0.15) is 65.7 Å². The van der Waals surface area contributed by atoms with Crippen LogP contribution in [0, 0.1) is 11.3 Å². The maximum atomic E-state index is 11.5. The van der Waals surface area contributed by atoms with Gasteiger partial charge < -0.3 is 5.32 Å². The fourth-order valence-electron chi connectivity index (χ4n) is 3.86. The van der Waals surface area contributed by atoms with Crippen molar-refractivity contribution in [2.24, 2.45) is 11.3 Å². The van der Waals surface area contributed by atoms with E-state index < -0.39 is 9.84 Å². The average Bonchev–Trinajstić information content (AvgIpc) is 2.76. The quantitative estimate of drug-likeness (QED) is 0.710. The maximum Gasteiger partial charge on any atom is 0.147 e. The Morgan fingerprint density at radius 1 is 1.20 bits per heavy atom. The minimum Gasteiger partial charge on any atom is -0.313 e. The zero-order valence-electron chi connectivity index (χ0n) is 13.7. The highest BCUT2D eigenvalue weighted by atomic mass is 32.2. The van der Waals surface area contributed by atoms with Gasteiger partial charge in [0, 0.05) is 12.3 Å². The number of nitrogens with one attached hydrogen (secondary N) is 1. The molecule has 0 aromatic rings. The average molecular weight is 304 g/mol. The summed E-state index contributed by atoms with van der Waals surface area (Å²) in [5.74, 6) is 0.992. The fourth-order valence-corrected chi connectivity index (χ4v) is 4.53. The third kappa shape index (κ3) is 5.72. The predicted octanol–water partition coefficient (Wildman–Crippen LogP) is 3.40. The van der Waals surface area contributed by atoms with Crippen LogP contribution in [0.15, 0.2) is 0 Å². The summed E-state index contributed by atoms with van der Waals surface area (Å²) < 4.78 is 23.0. The van der Waals surface area contributed by atoms with E-state index in [1.807, 2.05) is 0 Å². The fraction of sp³-hybridized carbons (Fsp3) is 1.00. The molecule has 1 unspecified atom stereocenters. The highest BCUT2D eigenvalue weighted by Crippen LogP contribution is 2.46. The summed E-state index contributed by atoms with van der Waals surface area (Å²) in [5, 5.41) is 3.67. The first kappa shape index (κ1) is 18.0. The Hall–Kier alpha value is -0.0900. The van der Waals surface area contributed by atoms with Crippen molar-refractivity contribution in [2.45, 2.75) is 71.8 Å². The molecule has 1 atom stereocenters. The van der Waals surface area contributed by atoms with Gasteiger partial charge in [0.2, 0.25) is 0 Å². The van der Waals surface area contributed by atoms with E-state index in [2.05, 4.69) is 26.1 Å². The van der Waals surface area contributed by atoms with Crippen LogP contribution in [0.2, 0.25) is 0 Å². The first-order valence-corrected chi connectivity index (χ1v) is 10.3. The van der Waals surface area contributed by atoms with Gasteiger partial charge in [-0.1, -0.05) is 33.6 Å². The van der Waals surface area contributed by atoms with Gasteiger partial charge in [0.05, 0.1) is 5.75 Å². The summed E-state index contributed by atoms with van der Waals surface area (Å²) in [6, 6.07) is 0.363. The normalized spacial score (nSPS) is 20.4. The summed E-state index contributed by atoms with van der Waals surface area (Å²) in [5.41, 5.74) is 0.327. The van der Waals surface area contributed by atoms with Crippen molar-refractivity contribution in [2.75, 3.05) is 18.6 Å². The molecule has 20 heavy (non-hydrogen) atoms. The largest absolute Gasteiger partial charge is 0.313 e. The molecule has 0 radical (unpaired) electrons. The Morgan fingerprint density at radius 3 is 2.25 bits per heavy atom. The van der Waals surface area contributed by atoms with Gasteiger partial charge in [-0.2, -0.15) is 0 Å². The van der Waals surface area contributed by atoms with Gasteiger partial charge >= 0.3 is 0 Å². The molecule has 0 heterocycles. The minimum absolute atomic E-state index is 0.314. The van der Waals surface area contributed by atoms with Crippen molar-refractivity contribution >= 4 is 9.84 Å². The second-order valence-corrected chi connectivity index (χ2v) is 9.35. The summed E-state index contributed by atoms with van der Waals surface area (Å²) in [6.45, 7) is 7.74. The van der Waals surface area contributed by atoms with Gasteiger partial charge in [-0.15, -0.1) is 0 Å². The molecule has 0 bridgehead atoms. The molecule has 120 valence electrons. The van der Waals surface area contributed by atoms with E-state index in [-0.39, 0.29) is 0 Å². The van der Waals surface area contributed by atoms with Crippen molar-refractivity contribution in [3.05, 3.63) is 0 Å². The Balaban J connectivity index is 2.81. The molecule has 4 heteroatoms. The SMILES string of the molecule is CCCNC(CCS(C)(=O)=O)C1(CC(C)C)CCCC1. The molecular weight excluding hydrogens is 270 g/mol. The third-order valence-electron chi connectivity index (χ3n) is 4.57. The van der Waals surface area contributed by atoms with Crippen LogP contribution in [0.3, 0.4) is 0 Å². The Kier molecular flexibility index (Phi) is 6.99. The van der Waals surface area contributed by atoms with Crippen LogP contribution in [0.25, 0.3) is 0 Å². The van der Waals surface area contributed by atoms with E-state index >= 15 is 0 Å². The van der Waals surface area contributed by atoms with E-state index in [0.29, 0.717) is 23.1 Å². The lowest BCUT2D eigenvalue weighted by Crippen LogP contribution is -2.46. The van der Waals surface area contributed by atoms with E-state index in [1.165, 1.54) is 38.4 Å². The molecule has 0 spiro atoms. The van der Waals surface area contributed by atoms with Crippen LogP contribution in [-0.2, 0) is 9.84 Å². The number of rotatable bonds is 9. The smallest absolute Gasteiger partial charge is 0.147 e. The van der Waals surface area contributed by atoms with Crippen molar-refractivity contribution < 1.29 is 8.42 Å². The lowest BCUT2D eigenvalue weighted by atomic mass is 9.71. The lowest BCUT2D eigenvalue weighted by molar-refractivity contribution is 0.151. The predicted molar refractivity (Wildman–Crippen MR) is 86.8 cm³/mol. The molecule has 1 rings (SSSR count). The lowest BCUT2D eigenvalue weighted by Gasteiger charge is -2.40. The van der Waals surface area contributed by atoms with Gasteiger partial charge in [-0.3, -0.25) is 0 Å². The molecule has 0 aromatic carbocycles. The Morgan fingerprint density at radius 2 is 1.80 bits per heavy atom. The molecule has 1 aliphatic carbocycles. The van der Waals surface area contributed by atoms with Crippen LogP contribution >= 0.6 is 0 Å². The van der Waals surface area contributed by atoms with Gasteiger partial charge in [0.25, 0.3) is 0 Å². The standard InChI is InChI=1S/C16H33NO2S/c1-5-11-17-15(8-12-20(4,18)19)16(13-14(2)3)9-6-7-10-16/h14-15,17H,5-13H2,1-4H3. The molecule has 1 fully saturated rings. The second kappa shape index (κ2) is 7.79. The number of sulfone groups is 1. The highest BCUT2D eigenvalue weighted by Gasteiger charge is 2.41. The monoisotopic (exact) mass is 303 g/mol. The summed E-state index contributed by atoms with van der Waals surface area (Å²) in [6.07, 6.45) is 9.57. The summed E-state index contributed by atoms with van der Waals surface area (Å²) in [4.78, 5) is 0. The molecule has 1 aliphatic rings. The molecule has 1 N–H and O–H groups in total. The van der Waals surface area contributed by atoms with Crippen LogP contribution in [0.4, 0.5) is 0 Å². The minimum atomic E-state index is -2.87. The van der Waals surface area contributed by atoms with Gasteiger partial charge in [-0.05, 0) is 50.0 Å². The molecular formula is C16H33NO2S. The van der Waals surface area contributed by atoms with E-state index in [9.17, 15) is 8.42 Å².